The number of thiazole rings is 1. The van der Waals surface area contributed by atoms with Crippen molar-refractivity contribution in [2.24, 2.45) is 0 Å². The minimum absolute atomic E-state index is 0.385. The molecule has 1 fully saturated rings. The molecule has 0 unspecified atom stereocenters. The number of carbonyl (C=O) groups is 2. The number of pyridine rings is 1. The summed E-state index contributed by atoms with van der Waals surface area (Å²) in [6.45, 7) is 8.66. The summed E-state index contributed by atoms with van der Waals surface area (Å²) in [4.78, 5) is 38.0. The molecule has 1 aromatic carbocycles. The number of ether oxygens (including phenoxy) is 1. The van der Waals surface area contributed by atoms with E-state index in [2.05, 4.69) is 38.7 Å². The summed E-state index contributed by atoms with van der Waals surface area (Å²) in [5, 5.41) is 1.35. The zero-order chi connectivity index (χ0) is 23.4. The Balaban J connectivity index is 1.42. The van der Waals surface area contributed by atoms with Crippen LogP contribution in [0.4, 0.5) is 5.13 Å². The van der Waals surface area contributed by atoms with Gasteiger partial charge >= 0.3 is 0 Å². The quantitative estimate of drug-likeness (QED) is 0.536. The molecule has 2 amide bonds. The number of benzene rings is 1. The third-order valence-electron chi connectivity index (χ3n) is 5.27. The summed E-state index contributed by atoms with van der Waals surface area (Å²) in [5.74, 6) is -0.830. The average molecular weight is 484 g/mol. The van der Waals surface area contributed by atoms with Gasteiger partial charge in [0.05, 0.1) is 24.5 Å². The SMILES string of the molecule is Cc1ccc(Sc2ncccc2C(=O)NNC(=O)c2sc(N3CCOCC3)nc2C)cc1C. The van der Waals surface area contributed by atoms with Crippen molar-refractivity contribution in [1.29, 1.82) is 0 Å². The molecule has 0 bridgehead atoms. The molecule has 3 aromatic rings. The van der Waals surface area contributed by atoms with Crippen LogP contribution >= 0.6 is 23.1 Å². The molecule has 1 aliphatic heterocycles. The van der Waals surface area contributed by atoms with Crippen LogP contribution < -0.4 is 15.8 Å². The first-order chi connectivity index (χ1) is 15.9. The van der Waals surface area contributed by atoms with E-state index in [1.54, 1.807) is 25.3 Å². The van der Waals surface area contributed by atoms with Crippen LogP contribution in [0.2, 0.25) is 0 Å². The van der Waals surface area contributed by atoms with Crippen LogP contribution in [0.25, 0.3) is 0 Å². The molecule has 2 aromatic heterocycles. The summed E-state index contributed by atoms with van der Waals surface area (Å²) in [5.41, 5.74) is 8.41. The molecule has 2 N–H and O–H groups in total. The van der Waals surface area contributed by atoms with Gasteiger partial charge in [-0.3, -0.25) is 20.4 Å². The Labute approximate surface area is 200 Å². The van der Waals surface area contributed by atoms with E-state index in [9.17, 15) is 9.59 Å². The van der Waals surface area contributed by atoms with Gasteiger partial charge in [0.15, 0.2) is 5.13 Å². The number of morpholine rings is 1. The van der Waals surface area contributed by atoms with Gasteiger partial charge in [-0.15, -0.1) is 0 Å². The first kappa shape index (κ1) is 23.2. The second-order valence-electron chi connectivity index (χ2n) is 7.62. The second kappa shape index (κ2) is 10.3. The van der Waals surface area contributed by atoms with Crippen molar-refractivity contribution >= 4 is 40.0 Å². The van der Waals surface area contributed by atoms with Crippen molar-refractivity contribution in [1.82, 2.24) is 20.8 Å². The number of aromatic nitrogens is 2. The minimum Gasteiger partial charge on any atom is -0.378 e. The molecule has 1 saturated heterocycles. The van der Waals surface area contributed by atoms with Crippen molar-refractivity contribution in [2.75, 3.05) is 31.2 Å². The second-order valence-corrected chi connectivity index (χ2v) is 9.66. The lowest BCUT2D eigenvalue weighted by molar-refractivity contribution is 0.0846. The van der Waals surface area contributed by atoms with E-state index >= 15 is 0 Å². The van der Waals surface area contributed by atoms with Crippen LogP contribution in [-0.2, 0) is 4.74 Å². The summed E-state index contributed by atoms with van der Waals surface area (Å²) < 4.78 is 5.37. The monoisotopic (exact) mass is 483 g/mol. The lowest BCUT2D eigenvalue weighted by atomic mass is 10.1. The van der Waals surface area contributed by atoms with Crippen molar-refractivity contribution < 1.29 is 14.3 Å². The molecule has 0 atom stereocenters. The number of rotatable bonds is 5. The molecule has 8 nitrogen and oxygen atoms in total. The fourth-order valence-electron chi connectivity index (χ4n) is 3.25. The molecule has 0 spiro atoms. The Hall–Kier alpha value is -2.95. The lowest BCUT2D eigenvalue weighted by Crippen LogP contribution is -2.41. The number of anilines is 1. The highest BCUT2D eigenvalue weighted by molar-refractivity contribution is 7.99. The Kier molecular flexibility index (Phi) is 7.26. The van der Waals surface area contributed by atoms with Crippen LogP contribution in [0.1, 0.15) is 36.9 Å². The van der Waals surface area contributed by atoms with Gasteiger partial charge in [-0.25, -0.2) is 9.97 Å². The number of hydrogen-bond acceptors (Lipinski definition) is 8. The van der Waals surface area contributed by atoms with Crippen LogP contribution in [0.3, 0.4) is 0 Å². The van der Waals surface area contributed by atoms with Crippen molar-refractivity contribution in [3.8, 4) is 0 Å². The molecule has 4 rings (SSSR count). The fourth-order valence-corrected chi connectivity index (χ4v) is 5.25. The molecule has 3 heterocycles. The normalized spacial score (nSPS) is 13.6. The van der Waals surface area contributed by atoms with Crippen LogP contribution in [0, 0.1) is 20.8 Å². The molecule has 0 saturated carbocycles. The standard InChI is InChI=1S/C23H25N5O3S2/c1-14-6-7-17(13-15(14)2)32-22-18(5-4-8-24-22)20(29)26-27-21(30)19-16(3)25-23(33-19)28-9-11-31-12-10-28/h4-8,13H,9-12H2,1-3H3,(H,26,29)(H,27,30). The van der Waals surface area contributed by atoms with E-state index in [1.807, 2.05) is 19.1 Å². The molecular weight excluding hydrogens is 458 g/mol. The van der Waals surface area contributed by atoms with E-state index in [0.29, 0.717) is 34.4 Å². The van der Waals surface area contributed by atoms with E-state index in [-0.39, 0.29) is 0 Å². The predicted octanol–water partition coefficient (Wildman–Crippen LogP) is 3.53. The maximum atomic E-state index is 12.8. The van der Waals surface area contributed by atoms with E-state index in [0.717, 1.165) is 23.1 Å². The number of hydrazine groups is 1. The van der Waals surface area contributed by atoms with E-state index in [1.165, 1.54) is 34.2 Å². The number of hydrogen-bond donors (Lipinski definition) is 2. The highest BCUT2D eigenvalue weighted by atomic mass is 32.2. The average Bonchev–Trinajstić information content (AvgIpc) is 3.22. The molecule has 33 heavy (non-hydrogen) atoms. The van der Waals surface area contributed by atoms with Gasteiger partial charge in [0.25, 0.3) is 11.8 Å². The summed E-state index contributed by atoms with van der Waals surface area (Å²) in [6, 6.07) is 9.50. The third kappa shape index (κ3) is 5.52. The smallest absolute Gasteiger partial charge is 0.281 e. The highest BCUT2D eigenvalue weighted by Gasteiger charge is 2.21. The molecule has 10 heteroatoms. The van der Waals surface area contributed by atoms with E-state index < -0.39 is 11.8 Å². The van der Waals surface area contributed by atoms with Gasteiger partial charge in [0, 0.05) is 24.2 Å². The maximum absolute atomic E-state index is 12.8. The zero-order valence-corrected chi connectivity index (χ0v) is 20.3. The fraction of sp³-hybridized carbons (Fsp3) is 0.304. The van der Waals surface area contributed by atoms with Crippen molar-refractivity contribution in [2.45, 2.75) is 30.7 Å². The number of nitrogens with zero attached hydrogens (tertiary/aromatic N) is 3. The van der Waals surface area contributed by atoms with Gasteiger partial charge in [-0.2, -0.15) is 0 Å². The first-order valence-electron chi connectivity index (χ1n) is 10.5. The number of aryl methyl sites for hydroxylation is 3. The molecule has 0 aliphatic carbocycles. The predicted molar refractivity (Wildman–Crippen MR) is 129 cm³/mol. The summed E-state index contributed by atoms with van der Waals surface area (Å²) in [7, 11) is 0. The van der Waals surface area contributed by atoms with Crippen molar-refractivity contribution in [3.05, 3.63) is 63.8 Å². The minimum atomic E-state index is -0.432. The van der Waals surface area contributed by atoms with Crippen LogP contribution in [0.5, 0.6) is 0 Å². The molecule has 1 aliphatic rings. The van der Waals surface area contributed by atoms with Crippen LogP contribution in [-0.4, -0.2) is 48.1 Å². The Morgan fingerprint density at radius 3 is 2.58 bits per heavy atom. The Morgan fingerprint density at radius 2 is 1.82 bits per heavy atom. The number of carbonyl (C=O) groups excluding carboxylic acids is 2. The van der Waals surface area contributed by atoms with Crippen LogP contribution in [0.15, 0.2) is 46.5 Å². The third-order valence-corrected chi connectivity index (χ3v) is 7.50. The number of nitrogens with one attached hydrogen (secondary N) is 2. The van der Waals surface area contributed by atoms with Gasteiger partial charge in [0.2, 0.25) is 0 Å². The lowest BCUT2D eigenvalue weighted by Gasteiger charge is -2.25. The molecule has 172 valence electrons. The Morgan fingerprint density at radius 1 is 1.06 bits per heavy atom. The van der Waals surface area contributed by atoms with Gasteiger partial charge in [-0.05, 0) is 56.2 Å². The van der Waals surface area contributed by atoms with Gasteiger partial charge in [0.1, 0.15) is 9.90 Å². The number of amides is 2. The summed E-state index contributed by atoms with van der Waals surface area (Å²) in [6.07, 6.45) is 1.65. The largest absolute Gasteiger partial charge is 0.378 e. The maximum Gasteiger partial charge on any atom is 0.281 e. The topological polar surface area (TPSA) is 96.5 Å². The molecule has 0 radical (unpaired) electrons. The molecular formula is C23H25N5O3S2. The first-order valence-corrected chi connectivity index (χ1v) is 12.2. The summed E-state index contributed by atoms with van der Waals surface area (Å²) >= 11 is 2.72. The van der Waals surface area contributed by atoms with Crippen molar-refractivity contribution in [3.63, 3.8) is 0 Å². The highest BCUT2D eigenvalue weighted by Crippen LogP contribution is 2.30. The van der Waals surface area contributed by atoms with Gasteiger partial charge in [-0.1, -0.05) is 29.2 Å². The van der Waals surface area contributed by atoms with Gasteiger partial charge < -0.3 is 9.64 Å². The zero-order valence-electron chi connectivity index (χ0n) is 18.7. The Bertz CT molecular complexity index is 1170. The van der Waals surface area contributed by atoms with E-state index in [4.69, 9.17) is 4.74 Å².